The van der Waals surface area contributed by atoms with Crippen LogP contribution in [0.2, 0.25) is 0 Å². The van der Waals surface area contributed by atoms with Gasteiger partial charge in [0.1, 0.15) is 5.75 Å². The van der Waals surface area contributed by atoms with Crippen molar-refractivity contribution in [2.75, 3.05) is 25.5 Å². The van der Waals surface area contributed by atoms with Gasteiger partial charge in [-0.15, -0.1) is 0 Å². The Morgan fingerprint density at radius 2 is 1.69 bits per heavy atom. The molecule has 1 saturated heterocycles. The van der Waals surface area contributed by atoms with E-state index in [0.717, 1.165) is 42.8 Å². The van der Waals surface area contributed by atoms with Crippen molar-refractivity contribution >= 4 is 17.5 Å². The first-order valence-electron chi connectivity index (χ1n) is 10.3. The highest BCUT2D eigenvalue weighted by molar-refractivity contribution is 6.06. The largest absolute Gasteiger partial charge is 0.496 e. The van der Waals surface area contributed by atoms with Gasteiger partial charge in [-0.05, 0) is 79.6 Å². The molecule has 2 aromatic carbocycles. The molecule has 1 heterocycles. The van der Waals surface area contributed by atoms with Gasteiger partial charge in [-0.25, -0.2) is 0 Å². The molecule has 0 unspecified atom stereocenters. The van der Waals surface area contributed by atoms with E-state index in [-0.39, 0.29) is 17.7 Å². The number of carbonyl (C=O) groups excluding carboxylic acids is 2. The summed E-state index contributed by atoms with van der Waals surface area (Å²) in [5.41, 5.74) is 3.83. The van der Waals surface area contributed by atoms with Crippen molar-refractivity contribution in [1.82, 2.24) is 4.90 Å². The van der Waals surface area contributed by atoms with E-state index in [1.165, 1.54) is 6.42 Å². The number of rotatable bonds is 5. The Hall–Kier alpha value is -2.82. The Labute approximate surface area is 173 Å². The number of carbonyl (C=O) groups is 2. The molecular formula is C24H30N2O3. The van der Waals surface area contributed by atoms with Crippen molar-refractivity contribution in [2.24, 2.45) is 0 Å². The minimum absolute atomic E-state index is 0.0650. The highest BCUT2D eigenvalue weighted by Gasteiger charge is 2.19. The van der Waals surface area contributed by atoms with Crippen molar-refractivity contribution in [3.63, 3.8) is 0 Å². The quantitative estimate of drug-likeness (QED) is 0.776. The lowest BCUT2D eigenvalue weighted by Gasteiger charge is -2.26. The zero-order valence-corrected chi connectivity index (χ0v) is 17.7. The van der Waals surface area contributed by atoms with E-state index in [2.05, 4.69) is 19.2 Å². The van der Waals surface area contributed by atoms with Crippen molar-refractivity contribution in [1.29, 1.82) is 0 Å². The standard InChI is InChI=1S/C24H30N2O3/c1-16(2)20-15-21(17(3)14-22(20)29-4)23(27)25-19-10-8-18(9-11-19)24(28)26-12-6-5-7-13-26/h8-11,14-16H,5-7,12-13H2,1-4H3,(H,25,27). The van der Waals surface area contributed by atoms with Crippen LogP contribution in [0.5, 0.6) is 5.75 Å². The van der Waals surface area contributed by atoms with Gasteiger partial charge in [-0.2, -0.15) is 0 Å². The third-order valence-corrected chi connectivity index (χ3v) is 5.48. The highest BCUT2D eigenvalue weighted by Crippen LogP contribution is 2.30. The smallest absolute Gasteiger partial charge is 0.255 e. The summed E-state index contributed by atoms with van der Waals surface area (Å²) in [5, 5.41) is 2.94. The van der Waals surface area contributed by atoms with Crippen LogP contribution in [-0.2, 0) is 0 Å². The van der Waals surface area contributed by atoms with Crippen LogP contribution in [-0.4, -0.2) is 36.9 Å². The summed E-state index contributed by atoms with van der Waals surface area (Å²) in [7, 11) is 1.65. The molecule has 0 aliphatic carbocycles. The fourth-order valence-corrected chi connectivity index (χ4v) is 3.74. The van der Waals surface area contributed by atoms with E-state index >= 15 is 0 Å². The molecule has 2 amide bonds. The Balaban J connectivity index is 1.74. The molecule has 2 aromatic rings. The van der Waals surface area contributed by atoms with E-state index in [9.17, 15) is 9.59 Å². The molecule has 0 atom stereocenters. The lowest BCUT2D eigenvalue weighted by molar-refractivity contribution is 0.0724. The lowest BCUT2D eigenvalue weighted by atomic mass is 9.96. The van der Waals surface area contributed by atoms with Gasteiger partial charge in [0.25, 0.3) is 11.8 Å². The molecule has 0 bridgehead atoms. The molecule has 5 nitrogen and oxygen atoms in total. The number of anilines is 1. The van der Waals surface area contributed by atoms with E-state index in [1.807, 2.05) is 24.0 Å². The van der Waals surface area contributed by atoms with Crippen molar-refractivity contribution in [3.05, 3.63) is 58.7 Å². The number of benzene rings is 2. The van der Waals surface area contributed by atoms with Gasteiger partial charge in [0.2, 0.25) is 0 Å². The van der Waals surface area contributed by atoms with Crippen LogP contribution in [0.3, 0.4) is 0 Å². The fourth-order valence-electron chi connectivity index (χ4n) is 3.74. The summed E-state index contributed by atoms with van der Waals surface area (Å²) in [6.45, 7) is 7.71. The van der Waals surface area contributed by atoms with Crippen LogP contribution >= 0.6 is 0 Å². The highest BCUT2D eigenvalue weighted by atomic mass is 16.5. The number of ether oxygens (including phenoxy) is 1. The topological polar surface area (TPSA) is 58.6 Å². The van der Waals surface area contributed by atoms with E-state index in [0.29, 0.717) is 16.8 Å². The molecule has 3 rings (SSSR count). The molecule has 1 N–H and O–H groups in total. The number of likely N-dealkylation sites (tertiary alicyclic amines) is 1. The molecular weight excluding hydrogens is 364 g/mol. The minimum Gasteiger partial charge on any atom is -0.496 e. The summed E-state index contributed by atoms with van der Waals surface area (Å²) in [6.07, 6.45) is 3.33. The van der Waals surface area contributed by atoms with Crippen molar-refractivity contribution in [2.45, 2.75) is 46.0 Å². The van der Waals surface area contributed by atoms with Crippen LogP contribution in [0.15, 0.2) is 36.4 Å². The van der Waals surface area contributed by atoms with Gasteiger partial charge in [-0.3, -0.25) is 9.59 Å². The monoisotopic (exact) mass is 394 g/mol. The van der Waals surface area contributed by atoms with E-state index < -0.39 is 0 Å². The van der Waals surface area contributed by atoms with Gasteiger partial charge in [0.15, 0.2) is 0 Å². The van der Waals surface area contributed by atoms with Gasteiger partial charge < -0.3 is 15.0 Å². The third kappa shape index (κ3) is 4.78. The summed E-state index contributed by atoms with van der Waals surface area (Å²) < 4.78 is 5.46. The molecule has 1 aliphatic heterocycles. The second kappa shape index (κ2) is 9.12. The van der Waals surface area contributed by atoms with Gasteiger partial charge in [-0.1, -0.05) is 13.8 Å². The molecule has 1 aliphatic rings. The summed E-state index contributed by atoms with van der Waals surface area (Å²) in [5.74, 6) is 0.948. The van der Waals surface area contributed by atoms with Crippen LogP contribution in [0, 0.1) is 6.92 Å². The van der Waals surface area contributed by atoms with E-state index in [1.54, 1.807) is 31.4 Å². The number of aryl methyl sites for hydroxylation is 1. The summed E-state index contributed by atoms with van der Waals surface area (Å²) in [4.78, 5) is 27.3. The molecule has 29 heavy (non-hydrogen) atoms. The zero-order chi connectivity index (χ0) is 21.0. The van der Waals surface area contributed by atoms with Gasteiger partial charge >= 0.3 is 0 Å². The SMILES string of the molecule is COc1cc(C)c(C(=O)Nc2ccc(C(=O)N3CCCCC3)cc2)cc1C(C)C. The number of methoxy groups -OCH3 is 1. The Morgan fingerprint density at radius 3 is 2.28 bits per heavy atom. The van der Waals surface area contributed by atoms with Crippen LogP contribution in [0.1, 0.15) is 70.9 Å². The van der Waals surface area contributed by atoms with Crippen molar-refractivity contribution < 1.29 is 14.3 Å². The van der Waals surface area contributed by atoms with E-state index in [4.69, 9.17) is 4.74 Å². The number of amides is 2. The van der Waals surface area contributed by atoms with Crippen LogP contribution in [0.4, 0.5) is 5.69 Å². The maximum atomic E-state index is 12.8. The molecule has 1 fully saturated rings. The number of hydrogen-bond donors (Lipinski definition) is 1. The first-order chi connectivity index (χ1) is 13.9. The molecule has 0 spiro atoms. The van der Waals surface area contributed by atoms with Crippen molar-refractivity contribution in [3.8, 4) is 5.75 Å². The first-order valence-corrected chi connectivity index (χ1v) is 10.3. The molecule has 0 aromatic heterocycles. The Bertz CT molecular complexity index is 882. The molecule has 0 radical (unpaired) electrons. The first kappa shape index (κ1) is 20.9. The molecule has 0 saturated carbocycles. The normalized spacial score (nSPS) is 14.0. The molecule has 5 heteroatoms. The predicted octanol–water partition coefficient (Wildman–Crippen LogP) is 5.01. The second-order valence-corrected chi connectivity index (χ2v) is 7.95. The maximum Gasteiger partial charge on any atom is 0.255 e. The Morgan fingerprint density at radius 1 is 1.03 bits per heavy atom. The predicted molar refractivity (Wildman–Crippen MR) is 116 cm³/mol. The Kier molecular flexibility index (Phi) is 6.57. The van der Waals surface area contributed by atoms with Gasteiger partial charge in [0.05, 0.1) is 7.11 Å². The lowest BCUT2D eigenvalue weighted by Crippen LogP contribution is -2.35. The average molecular weight is 395 g/mol. The summed E-state index contributed by atoms with van der Waals surface area (Å²) in [6, 6.07) is 11.0. The minimum atomic E-state index is -0.165. The number of piperidine rings is 1. The third-order valence-electron chi connectivity index (χ3n) is 5.48. The fraction of sp³-hybridized carbons (Fsp3) is 0.417. The molecule has 154 valence electrons. The van der Waals surface area contributed by atoms with Crippen LogP contribution in [0.25, 0.3) is 0 Å². The number of hydrogen-bond acceptors (Lipinski definition) is 3. The summed E-state index contributed by atoms with van der Waals surface area (Å²) >= 11 is 0. The van der Waals surface area contributed by atoms with Gasteiger partial charge in [0, 0.05) is 29.9 Å². The zero-order valence-electron chi connectivity index (χ0n) is 17.7. The average Bonchev–Trinajstić information content (AvgIpc) is 2.73. The van der Waals surface area contributed by atoms with Crippen LogP contribution < -0.4 is 10.1 Å². The second-order valence-electron chi connectivity index (χ2n) is 7.95. The number of nitrogens with zero attached hydrogens (tertiary/aromatic N) is 1. The number of nitrogens with one attached hydrogen (secondary N) is 1. The maximum absolute atomic E-state index is 12.8.